The van der Waals surface area contributed by atoms with Crippen molar-refractivity contribution in [3.63, 3.8) is 0 Å². The van der Waals surface area contributed by atoms with Crippen LogP contribution in [0.1, 0.15) is 16.7 Å². The van der Waals surface area contributed by atoms with Crippen molar-refractivity contribution >= 4 is 22.7 Å². The molecule has 0 radical (unpaired) electrons. The van der Waals surface area contributed by atoms with Crippen LogP contribution in [0.25, 0.3) is 11.1 Å². The van der Waals surface area contributed by atoms with Crippen LogP contribution in [0.3, 0.4) is 0 Å². The molecule has 0 saturated heterocycles. The monoisotopic (exact) mass is 435 g/mol. The van der Waals surface area contributed by atoms with E-state index in [-0.39, 0.29) is 5.75 Å². The van der Waals surface area contributed by atoms with Gasteiger partial charge in [0, 0.05) is 42.5 Å². The van der Waals surface area contributed by atoms with Crippen LogP contribution in [0.15, 0.2) is 79.5 Å². The lowest BCUT2D eigenvalue weighted by atomic mass is 9.93. The number of aromatic hydroxyl groups is 1. The SMILES string of the molecule is C=C(/C(=C\N(C)C)c1ccc(OC)cc1)c1ccc(OCc2ccc(Cl)cc2)cc1O. The Kier molecular flexibility index (Phi) is 7.27. The lowest BCUT2D eigenvalue weighted by Crippen LogP contribution is -2.04. The topological polar surface area (TPSA) is 41.9 Å². The van der Waals surface area contributed by atoms with Crippen LogP contribution in [0, 0.1) is 0 Å². The van der Waals surface area contributed by atoms with Crippen LogP contribution >= 0.6 is 11.6 Å². The Morgan fingerprint density at radius 1 is 1.00 bits per heavy atom. The van der Waals surface area contributed by atoms with Gasteiger partial charge in [0.25, 0.3) is 0 Å². The van der Waals surface area contributed by atoms with E-state index in [4.69, 9.17) is 21.1 Å². The predicted molar refractivity (Wildman–Crippen MR) is 128 cm³/mol. The maximum atomic E-state index is 10.7. The summed E-state index contributed by atoms with van der Waals surface area (Å²) in [4.78, 5) is 1.95. The van der Waals surface area contributed by atoms with Crippen molar-refractivity contribution in [3.8, 4) is 17.2 Å². The largest absolute Gasteiger partial charge is 0.507 e. The number of ether oxygens (including phenoxy) is 2. The van der Waals surface area contributed by atoms with E-state index in [1.807, 2.05) is 85.9 Å². The second-order valence-corrected chi connectivity index (χ2v) is 7.74. The van der Waals surface area contributed by atoms with Gasteiger partial charge >= 0.3 is 0 Å². The molecule has 5 heteroatoms. The van der Waals surface area contributed by atoms with Gasteiger partial charge in [-0.1, -0.05) is 42.4 Å². The molecule has 3 aromatic rings. The fourth-order valence-electron chi connectivity index (χ4n) is 3.10. The highest BCUT2D eigenvalue weighted by Crippen LogP contribution is 2.37. The highest BCUT2D eigenvalue weighted by atomic mass is 35.5. The van der Waals surface area contributed by atoms with Gasteiger partial charge in [-0.25, -0.2) is 0 Å². The first-order chi connectivity index (χ1) is 14.9. The fourth-order valence-corrected chi connectivity index (χ4v) is 3.23. The van der Waals surface area contributed by atoms with E-state index in [1.54, 1.807) is 13.2 Å². The molecule has 31 heavy (non-hydrogen) atoms. The van der Waals surface area contributed by atoms with Crippen LogP contribution in [0.2, 0.25) is 5.02 Å². The summed E-state index contributed by atoms with van der Waals surface area (Å²) in [6.07, 6.45) is 1.98. The minimum Gasteiger partial charge on any atom is -0.507 e. The third-order valence-corrected chi connectivity index (χ3v) is 4.98. The maximum absolute atomic E-state index is 10.7. The van der Waals surface area contributed by atoms with Crippen LogP contribution in [0.4, 0.5) is 0 Å². The summed E-state index contributed by atoms with van der Waals surface area (Å²) in [7, 11) is 5.54. The van der Waals surface area contributed by atoms with E-state index in [9.17, 15) is 5.11 Å². The summed E-state index contributed by atoms with van der Waals surface area (Å²) in [5, 5.41) is 11.4. The Labute approximate surface area is 188 Å². The summed E-state index contributed by atoms with van der Waals surface area (Å²) in [5.41, 5.74) is 4.22. The number of benzene rings is 3. The maximum Gasteiger partial charge on any atom is 0.127 e. The molecule has 0 aliphatic rings. The van der Waals surface area contributed by atoms with Gasteiger partial charge in [-0.05, 0) is 53.1 Å². The Hall–Kier alpha value is -3.37. The number of halogens is 1. The number of methoxy groups -OCH3 is 1. The van der Waals surface area contributed by atoms with E-state index in [2.05, 4.69) is 6.58 Å². The van der Waals surface area contributed by atoms with Gasteiger partial charge in [-0.3, -0.25) is 0 Å². The summed E-state index contributed by atoms with van der Waals surface area (Å²) in [6.45, 7) is 4.63. The van der Waals surface area contributed by atoms with Crippen molar-refractivity contribution < 1.29 is 14.6 Å². The van der Waals surface area contributed by atoms with Crippen LogP contribution in [-0.4, -0.2) is 31.2 Å². The average molecular weight is 436 g/mol. The molecule has 160 valence electrons. The number of hydrogen-bond donors (Lipinski definition) is 1. The summed E-state index contributed by atoms with van der Waals surface area (Å²) >= 11 is 5.92. The Balaban J connectivity index is 1.82. The van der Waals surface area contributed by atoms with Crippen molar-refractivity contribution in [2.24, 2.45) is 0 Å². The molecule has 3 rings (SSSR count). The van der Waals surface area contributed by atoms with Crippen molar-refractivity contribution in [2.75, 3.05) is 21.2 Å². The predicted octanol–water partition coefficient (Wildman–Crippen LogP) is 6.25. The van der Waals surface area contributed by atoms with E-state index in [0.29, 0.717) is 28.5 Å². The molecule has 0 saturated carbocycles. The average Bonchev–Trinajstić information content (AvgIpc) is 2.77. The van der Waals surface area contributed by atoms with E-state index in [0.717, 1.165) is 22.4 Å². The highest BCUT2D eigenvalue weighted by molar-refractivity contribution is 6.30. The fraction of sp³-hybridized carbons (Fsp3) is 0.154. The van der Waals surface area contributed by atoms with Crippen molar-refractivity contribution in [1.29, 1.82) is 0 Å². The normalized spacial score (nSPS) is 11.2. The lowest BCUT2D eigenvalue weighted by Gasteiger charge is -2.17. The smallest absolute Gasteiger partial charge is 0.127 e. The molecule has 0 aliphatic carbocycles. The zero-order valence-corrected chi connectivity index (χ0v) is 18.7. The van der Waals surface area contributed by atoms with Crippen LogP contribution in [0.5, 0.6) is 17.2 Å². The standard InChI is InChI=1S/C26H26ClNO3/c1-18(25(16-28(2)3)20-7-11-22(30-4)12-8-20)24-14-13-23(15-26(24)29)31-17-19-5-9-21(27)10-6-19/h5-16,29H,1,17H2,2-4H3/b25-16+. The molecule has 0 fully saturated rings. The number of phenols is 1. The molecule has 0 amide bonds. The van der Waals surface area contributed by atoms with E-state index in [1.165, 1.54) is 0 Å². The zero-order chi connectivity index (χ0) is 22.4. The molecule has 0 unspecified atom stereocenters. The summed E-state index contributed by atoms with van der Waals surface area (Å²) in [5.74, 6) is 1.46. The first-order valence-electron chi connectivity index (χ1n) is 9.80. The van der Waals surface area contributed by atoms with Gasteiger partial charge in [0.05, 0.1) is 7.11 Å². The van der Waals surface area contributed by atoms with Gasteiger partial charge in [-0.2, -0.15) is 0 Å². The Morgan fingerprint density at radius 3 is 2.23 bits per heavy atom. The minimum atomic E-state index is 0.108. The first kappa shape index (κ1) is 22.3. The van der Waals surface area contributed by atoms with Crippen molar-refractivity contribution in [2.45, 2.75) is 6.61 Å². The quantitative estimate of drug-likeness (QED) is 0.424. The lowest BCUT2D eigenvalue weighted by molar-refractivity contribution is 0.304. The van der Waals surface area contributed by atoms with Crippen LogP contribution < -0.4 is 9.47 Å². The molecular formula is C26H26ClNO3. The molecule has 3 aromatic carbocycles. The molecule has 4 nitrogen and oxygen atoms in total. The van der Waals surface area contributed by atoms with Crippen molar-refractivity contribution in [1.82, 2.24) is 4.90 Å². The second-order valence-electron chi connectivity index (χ2n) is 7.31. The van der Waals surface area contributed by atoms with Crippen LogP contribution in [-0.2, 0) is 6.61 Å². The number of phenolic OH excluding ortho intramolecular Hbond substituents is 1. The second kappa shape index (κ2) is 10.1. The third-order valence-electron chi connectivity index (χ3n) is 4.73. The van der Waals surface area contributed by atoms with Gasteiger partial charge in [0.1, 0.15) is 23.9 Å². The molecule has 0 spiro atoms. The summed E-state index contributed by atoms with van der Waals surface area (Å²) in [6, 6.07) is 20.5. The molecule has 0 atom stereocenters. The molecule has 0 aromatic heterocycles. The summed E-state index contributed by atoms with van der Waals surface area (Å²) < 4.78 is 11.1. The number of allylic oxidation sites excluding steroid dienone is 2. The van der Waals surface area contributed by atoms with Gasteiger partial charge in [0.15, 0.2) is 0 Å². The number of rotatable bonds is 8. The first-order valence-corrected chi connectivity index (χ1v) is 10.2. The number of nitrogens with zero attached hydrogens (tertiary/aromatic N) is 1. The van der Waals surface area contributed by atoms with E-state index >= 15 is 0 Å². The molecule has 0 aliphatic heterocycles. The third kappa shape index (κ3) is 5.83. The van der Waals surface area contributed by atoms with Gasteiger partial charge in [-0.15, -0.1) is 0 Å². The molecular weight excluding hydrogens is 410 g/mol. The molecule has 1 N–H and O–H groups in total. The Morgan fingerprint density at radius 2 is 1.65 bits per heavy atom. The van der Waals surface area contributed by atoms with E-state index < -0.39 is 0 Å². The molecule has 0 bridgehead atoms. The minimum absolute atomic E-state index is 0.108. The number of hydrogen-bond acceptors (Lipinski definition) is 4. The highest BCUT2D eigenvalue weighted by Gasteiger charge is 2.14. The van der Waals surface area contributed by atoms with Gasteiger partial charge in [0.2, 0.25) is 0 Å². The van der Waals surface area contributed by atoms with Gasteiger partial charge < -0.3 is 19.5 Å². The zero-order valence-electron chi connectivity index (χ0n) is 17.9. The Bertz CT molecular complexity index is 1070. The van der Waals surface area contributed by atoms with Crippen molar-refractivity contribution in [3.05, 3.63) is 101 Å². The molecule has 0 heterocycles.